The molecule has 1 N–H and O–H groups in total. The number of nitrogens with one attached hydrogen (secondary N) is 1. The summed E-state index contributed by atoms with van der Waals surface area (Å²) in [5.41, 5.74) is 3.28. The van der Waals surface area contributed by atoms with Crippen LogP contribution in [0.15, 0.2) is 77.7 Å². The summed E-state index contributed by atoms with van der Waals surface area (Å²) in [4.78, 5) is 28.2. The van der Waals surface area contributed by atoms with Gasteiger partial charge < -0.3 is 10.2 Å². The lowest BCUT2D eigenvalue weighted by Gasteiger charge is -2.29. The van der Waals surface area contributed by atoms with E-state index in [0.717, 1.165) is 21.7 Å². The highest BCUT2D eigenvalue weighted by molar-refractivity contribution is 8.00. The standard InChI is InChI=1S/C24H21ClN2O2S/c1-16(18-7-3-2-4-8-18)26-24(29)19-10-11-22-21(13-19)27(23(28)15-30-22)14-17-6-5-9-20(25)12-17/h2-13,16H,14-15H2,1H3,(H,26,29). The van der Waals surface area contributed by atoms with E-state index < -0.39 is 0 Å². The van der Waals surface area contributed by atoms with Crippen LogP contribution in [-0.2, 0) is 11.3 Å². The fourth-order valence-corrected chi connectivity index (χ4v) is 4.57. The molecular formula is C24H21ClN2O2S. The maximum Gasteiger partial charge on any atom is 0.251 e. The minimum atomic E-state index is -0.167. The maximum atomic E-state index is 12.9. The molecule has 3 aromatic carbocycles. The summed E-state index contributed by atoms with van der Waals surface area (Å²) >= 11 is 7.60. The first-order chi connectivity index (χ1) is 14.5. The van der Waals surface area contributed by atoms with Gasteiger partial charge in [-0.1, -0.05) is 54.1 Å². The number of hydrogen-bond acceptors (Lipinski definition) is 3. The van der Waals surface area contributed by atoms with E-state index in [1.54, 1.807) is 11.0 Å². The Labute approximate surface area is 185 Å². The smallest absolute Gasteiger partial charge is 0.251 e. The van der Waals surface area contributed by atoms with Crippen molar-refractivity contribution in [3.63, 3.8) is 0 Å². The molecule has 4 nitrogen and oxygen atoms in total. The molecule has 3 aromatic rings. The molecule has 152 valence electrons. The highest BCUT2D eigenvalue weighted by Gasteiger charge is 2.26. The topological polar surface area (TPSA) is 49.4 Å². The number of rotatable bonds is 5. The van der Waals surface area contributed by atoms with Gasteiger partial charge in [-0.3, -0.25) is 9.59 Å². The molecular weight excluding hydrogens is 416 g/mol. The number of anilines is 1. The zero-order chi connectivity index (χ0) is 21.1. The summed E-state index contributed by atoms with van der Waals surface area (Å²) in [6.45, 7) is 2.37. The molecule has 0 saturated heterocycles. The summed E-state index contributed by atoms with van der Waals surface area (Å²) in [5, 5.41) is 3.67. The van der Waals surface area contributed by atoms with Crippen LogP contribution in [0.1, 0.15) is 34.5 Å². The average Bonchev–Trinajstić information content (AvgIpc) is 2.76. The van der Waals surface area contributed by atoms with E-state index in [4.69, 9.17) is 11.6 Å². The van der Waals surface area contributed by atoms with Crippen LogP contribution in [-0.4, -0.2) is 17.6 Å². The summed E-state index contributed by atoms with van der Waals surface area (Å²) < 4.78 is 0. The van der Waals surface area contributed by atoms with Crippen molar-refractivity contribution in [1.29, 1.82) is 0 Å². The molecule has 0 fully saturated rings. The zero-order valence-corrected chi connectivity index (χ0v) is 18.0. The monoisotopic (exact) mass is 436 g/mol. The van der Waals surface area contributed by atoms with Crippen molar-refractivity contribution in [3.8, 4) is 0 Å². The minimum Gasteiger partial charge on any atom is -0.346 e. The number of carbonyl (C=O) groups excluding carboxylic acids is 2. The third-order valence-electron chi connectivity index (χ3n) is 5.04. The van der Waals surface area contributed by atoms with Crippen LogP contribution in [0.3, 0.4) is 0 Å². The number of carbonyl (C=O) groups is 2. The van der Waals surface area contributed by atoms with Gasteiger partial charge in [0, 0.05) is 15.5 Å². The second kappa shape index (κ2) is 8.94. The van der Waals surface area contributed by atoms with Crippen LogP contribution in [0.25, 0.3) is 0 Å². The molecule has 6 heteroatoms. The Balaban J connectivity index is 1.58. The Bertz CT molecular complexity index is 1090. The lowest BCUT2D eigenvalue weighted by Crippen LogP contribution is -2.35. The van der Waals surface area contributed by atoms with Crippen molar-refractivity contribution in [3.05, 3.63) is 94.5 Å². The van der Waals surface area contributed by atoms with Gasteiger partial charge in [-0.15, -0.1) is 11.8 Å². The lowest BCUT2D eigenvalue weighted by molar-refractivity contribution is -0.116. The van der Waals surface area contributed by atoms with Crippen LogP contribution in [0.4, 0.5) is 5.69 Å². The van der Waals surface area contributed by atoms with Gasteiger partial charge in [-0.25, -0.2) is 0 Å². The molecule has 0 radical (unpaired) electrons. The van der Waals surface area contributed by atoms with Gasteiger partial charge in [0.2, 0.25) is 5.91 Å². The number of hydrogen-bond donors (Lipinski definition) is 1. The number of halogens is 1. The normalized spacial score (nSPS) is 14.2. The van der Waals surface area contributed by atoms with E-state index >= 15 is 0 Å². The molecule has 2 amide bonds. The molecule has 1 unspecified atom stereocenters. The van der Waals surface area contributed by atoms with Crippen molar-refractivity contribution in [1.82, 2.24) is 5.32 Å². The van der Waals surface area contributed by atoms with E-state index in [9.17, 15) is 9.59 Å². The summed E-state index contributed by atoms with van der Waals surface area (Å²) in [6, 6.07) is 22.7. The largest absolute Gasteiger partial charge is 0.346 e. The number of nitrogens with zero attached hydrogens (tertiary/aromatic N) is 1. The predicted molar refractivity (Wildman–Crippen MR) is 122 cm³/mol. The molecule has 30 heavy (non-hydrogen) atoms. The molecule has 0 aromatic heterocycles. The first-order valence-electron chi connectivity index (χ1n) is 9.69. The van der Waals surface area contributed by atoms with Crippen LogP contribution in [0, 0.1) is 0 Å². The zero-order valence-electron chi connectivity index (χ0n) is 16.5. The van der Waals surface area contributed by atoms with Crippen molar-refractivity contribution in [2.45, 2.75) is 24.4 Å². The van der Waals surface area contributed by atoms with Gasteiger partial charge in [-0.2, -0.15) is 0 Å². The van der Waals surface area contributed by atoms with Crippen molar-refractivity contribution in [2.75, 3.05) is 10.7 Å². The van der Waals surface area contributed by atoms with E-state index in [1.807, 2.05) is 73.7 Å². The molecule has 1 heterocycles. The van der Waals surface area contributed by atoms with Crippen molar-refractivity contribution in [2.24, 2.45) is 0 Å². The van der Waals surface area contributed by atoms with E-state index in [2.05, 4.69) is 5.32 Å². The van der Waals surface area contributed by atoms with Gasteiger partial charge in [-0.05, 0) is 48.4 Å². The quantitative estimate of drug-likeness (QED) is 0.577. The number of thioether (sulfide) groups is 1. The Kier molecular flexibility index (Phi) is 6.11. The molecule has 1 aliphatic heterocycles. The Hall–Kier alpha value is -2.76. The number of amides is 2. The molecule has 4 rings (SSSR count). The van der Waals surface area contributed by atoms with Gasteiger partial charge in [0.05, 0.1) is 24.0 Å². The SMILES string of the molecule is CC(NC(=O)c1ccc2c(c1)N(Cc1cccc(Cl)c1)C(=O)CS2)c1ccccc1. The highest BCUT2D eigenvalue weighted by Crippen LogP contribution is 2.37. The summed E-state index contributed by atoms with van der Waals surface area (Å²) in [6.07, 6.45) is 0. The second-order valence-electron chi connectivity index (χ2n) is 7.19. The Morgan fingerprint density at radius 3 is 2.67 bits per heavy atom. The fourth-order valence-electron chi connectivity index (χ4n) is 3.44. The molecule has 1 atom stereocenters. The number of fused-ring (bicyclic) bond motifs is 1. The highest BCUT2D eigenvalue weighted by atomic mass is 35.5. The number of benzene rings is 3. The molecule has 0 bridgehead atoms. The third kappa shape index (κ3) is 4.53. The molecule has 0 spiro atoms. The predicted octanol–water partition coefficient (Wildman–Crippen LogP) is 5.47. The van der Waals surface area contributed by atoms with Crippen LogP contribution in [0.2, 0.25) is 5.02 Å². The first kappa shape index (κ1) is 20.5. The minimum absolute atomic E-state index is 0.0164. The van der Waals surface area contributed by atoms with Crippen molar-refractivity contribution >= 4 is 40.9 Å². The Morgan fingerprint density at radius 1 is 1.10 bits per heavy atom. The van der Waals surface area contributed by atoms with Crippen LogP contribution >= 0.6 is 23.4 Å². The Morgan fingerprint density at radius 2 is 1.90 bits per heavy atom. The second-order valence-corrected chi connectivity index (χ2v) is 8.64. The van der Waals surface area contributed by atoms with Crippen LogP contribution < -0.4 is 10.2 Å². The summed E-state index contributed by atoms with van der Waals surface area (Å²) in [5.74, 6) is 0.229. The maximum absolute atomic E-state index is 12.9. The van der Waals surface area contributed by atoms with E-state index in [-0.39, 0.29) is 17.9 Å². The van der Waals surface area contributed by atoms with Gasteiger partial charge in [0.1, 0.15) is 0 Å². The first-order valence-corrected chi connectivity index (χ1v) is 11.0. The van der Waals surface area contributed by atoms with Crippen LogP contribution in [0.5, 0.6) is 0 Å². The fraction of sp³-hybridized carbons (Fsp3) is 0.167. The molecule has 0 aliphatic carbocycles. The molecule has 0 saturated carbocycles. The lowest BCUT2D eigenvalue weighted by atomic mass is 10.1. The van der Waals surface area contributed by atoms with Gasteiger partial charge in [0.25, 0.3) is 5.91 Å². The molecule has 1 aliphatic rings. The third-order valence-corrected chi connectivity index (χ3v) is 6.32. The van der Waals surface area contributed by atoms with Crippen molar-refractivity contribution < 1.29 is 9.59 Å². The van der Waals surface area contributed by atoms with E-state index in [1.165, 1.54) is 11.8 Å². The summed E-state index contributed by atoms with van der Waals surface area (Å²) in [7, 11) is 0. The van der Waals surface area contributed by atoms with Gasteiger partial charge >= 0.3 is 0 Å². The average molecular weight is 437 g/mol. The van der Waals surface area contributed by atoms with Gasteiger partial charge in [0.15, 0.2) is 0 Å². The van der Waals surface area contributed by atoms with E-state index in [0.29, 0.717) is 22.9 Å².